The number of nitrogens with one attached hydrogen (secondary N) is 3. The van der Waals surface area contributed by atoms with Crippen LogP contribution in [0, 0.1) is 6.92 Å². The van der Waals surface area contributed by atoms with Crippen molar-refractivity contribution in [2.45, 2.75) is 32.5 Å². The van der Waals surface area contributed by atoms with Crippen LogP contribution in [0.15, 0.2) is 52.3 Å². The number of nitrogens with zero attached hydrogens (tertiary/aromatic N) is 5. The third-order valence-corrected chi connectivity index (χ3v) is 8.50. The third-order valence-electron chi connectivity index (χ3n) is 6.39. The predicted molar refractivity (Wildman–Crippen MR) is 177 cm³/mol. The van der Waals surface area contributed by atoms with Crippen LogP contribution in [0.5, 0.6) is 5.75 Å². The summed E-state index contributed by atoms with van der Waals surface area (Å²) in [6, 6.07) is 7.96. The highest BCUT2D eigenvalue weighted by atomic mass is 79.9. The average molecular weight is 739 g/mol. The number of aromatic nitrogens is 4. The van der Waals surface area contributed by atoms with E-state index in [0.717, 1.165) is 11.3 Å². The van der Waals surface area contributed by atoms with Gasteiger partial charge in [-0.3, -0.25) is 9.97 Å². The van der Waals surface area contributed by atoms with Crippen molar-refractivity contribution in [1.29, 1.82) is 0 Å². The summed E-state index contributed by atoms with van der Waals surface area (Å²) in [6.07, 6.45) is -0.230. The van der Waals surface area contributed by atoms with E-state index in [9.17, 15) is 17.7 Å². The van der Waals surface area contributed by atoms with Gasteiger partial charge >= 0.3 is 12.1 Å². The van der Waals surface area contributed by atoms with E-state index in [1.807, 2.05) is 45.0 Å². The summed E-state index contributed by atoms with van der Waals surface area (Å²) < 4.78 is 57.0. The number of alkyl halides is 3. The first-order chi connectivity index (χ1) is 21.9. The number of carbonyl (C=O) groups is 1. The lowest BCUT2D eigenvalue weighted by molar-refractivity contribution is -0.192. The first-order valence-corrected chi connectivity index (χ1v) is 17.1. The number of carboxylic acid groups (broad SMARTS) is 1. The Labute approximate surface area is 276 Å². The molecule has 0 fully saturated rings. The SMILES string of the molecule is COc1cc(NC2=NC(C)(C)CO2)c(C)cc1Nc1ncc(Br)c(Nc2ccc3nccnc3c2P(C)(C)=O)n1.O=C(O)C(F)(F)F. The molecule has 4 N–H and O–H groups in total. The smallest absolute Gasteiger partial charge is 0.490 e. The molecule has 0 spiro atoms. The number of hydrogen-bond donors (Lipinski definition) is 4. The van der Waals surface area contributed by atoms with Gasteiger partial charge in [0, 0.05) is 30.3 Å². The van der Waals surface area contributed by atoms with Gasteiger partial charge in [-0.05, 0) is 73.8 Å². The molecule has 47 heavy (non-hydrogen) atoms. The minimum atomic E-state index is -5.08. The number of carboxylic acids is 1. The quantitative estimate of drug-likeness (QED) is 0.153. The molecule has 13 nitrogen and oxygen atoms in total. The van der Waals surface area contributed by atoms with Crippen molar-refractivity contribution in [1.82, 2.24) is 19.9 Å². The van der Waals surface area contributed by atoms with Gasteiger partial charge in [-0.25, -0.2) is 14.8 Å². The molecule has 0 atom stereocenters. The van der Waals surface area contributed by atoms with E-state index >= 15 is 0 Å². The molecule has 2 aromatic carbocycles. The maximum Gasteiger partial charge on any atom is 0.490 e. The molecular weight excluding hydrogens is 708 g/mol. The fourth-order valence-corrected chi connectivity index (χ4v) is 5.97. The molecule has 2 aromatic heterocycles. The third kappa shape index (κ3) is 8.86. The second-order valence-electron chi connectivity index (χ2n) is 11.2. The zero-order valence-electron chi connectivity index (χ0n) is 26.0. The van der Waals surface area contributed by atoms with Gasteiger partial charge in [-0.1, -0.05) is 0 Å². The van der Waals surface area contributed by atoms with Gasteiger partial charge < -0.3 is 35.1 Å². The van der Waals surface area contributed by atoms with Crippen LogP contribution in [0.3, 0.4) is 0 Å². The maximum atomic E-state index is 13.3. The summed E-state index contributed by atoms with van der Waals surface area (Å²) in [5.74, 6) is -1.34. The van der Waals surface area contributed by atoms with Gasteiger partial charge in [0.15, 0.2) is 0 Å². The van der Waals surface area contributed by atoms with E-state index < -0.39 is 19.3 Å². The average Bonchev–Trinajstić information content (AvgIpc) is 3.32. The van der Waals surface area contributed by atoms with Crippen molar-refractivity contribution in [2.75, 3.05) is 43.0 Å². The summed E-state index contributed by atoms with van der Waals surface area (Å²) in [7, 11) is -1.14. The van der Waals surface area contributed by atoms with Crippen molar-refractivity contribution in [2.24, 2.45) is 4.99 Å². The normalized spacial score (nSPS) is 14.0. The van der Waals surface area contributed by atoms with Crippen LogP contribution in [0.1, 0.15) is 19.4 Å². The Morgan fingerprint density at radius 2 is 1.74 bits per heavy atom. The maximum absolute atomic E-state index is 13.3. The monoisotopic (exact) mass is 738 g/mol. The zero-order chi connectivity index (χ0) is 34.7. The van der Waals surface area contributed by atoms with E-state index in [1.54, 1.807) is 39.0 Å². The van der Waals surface area contributed by atoms with Crippen LogP contribution in [-0.2, 0) is 14.1 Å². The zero-order valence-corrected chi connectivity index (χ0v) is 28.5. The first kappa shape index (κ1) is 35.4. The van der Waals surface area contributed by atoms with Crippen molar-refractivity contribution in [3.05, 3.63) is 52.9 Å². The molecule has 5 rings (SSSR count). The second kappa shape index (κ2) is 13.7. The summed E-state index contributed by atoms with van der Waals surface area (Å²) >= 11 is 3.53. The van der Waals surface area contributed by atoms with E-state index in [1.165, 1.54) is 0 Å². The van der Waals surface area contributed by atoms with Crippen LogP contribution in [0.4, 0.5) is 42.0 Å². The Balaban J connectivity index is 0.000000644. The standard InChI is InChI=1S/C27H30BrN8O3P.C2HF3O2/c1-15-11-20(21(38-4)12-19(15)34-26-36-27(2,3)14-39-26)33-25-31-13-16(28)24(35-25)32-18-8-7-17-22(30-10-9-29-17)23(18)40(5,6)37;3-2(4,5)1(6)7/h7-13H,14H2,1-6H3,(H,34,36)(H2,31,32,33,35);(H,6,7). The highest BCUT2D eigenvalue weighted by Gasteiger charge is 2.38. The van der Waals surface area contributed by atoms with Crippen molar-refractivity contribution in [3.63, 3.8) is 0 Å². The number of aliphatic imine (C=N–C) groups is 1. The molecule has 0 saturated heterocycles. The number of ether oxygens (including phenoxy) is 2. The van der Waals surface area contributed by atoms with E-state index in [2.05, 4.69) is 56.8 Å². The molecule has 250 valence electrons. The number of hydrogen-bond acceptors (Lipinski definition) is 12. The minimum absolute atomic E-state index is 0.265. The predicted octanol–water partition coefficient (Wildman–Crippen LogP) is 6.44. The number of rotatable bonds is 7. The Morgan fingerprint density at radius 1 is 1.06 bits per heavy atom. The number of amidine groups is 1. The molecule has 0 amide bonds. The van der Waals surface area contributed by atoms with E-state index in [-0.39, 0.29) is 5.54 Å². The second-order valence-corrected chi connectivity index (χ2v) is 15.2. The van der Waals surface area contributed by atoms with Crippen LogP contribution in [0.2, 0.25) is 0 Å². The lowest BCUT2D eigenvalue weighted by Crippen LogP contribution is -2.21. The lowest BCUT2D eigenvalue weighted by Gasteiger charge is -2.18. The molecule has 3 heterocycles. The Kier molecular flexibility index (Phi) is 10.3. The molecule has 4 aromatic rings. The largest absolute Gasteiger partial charge is 0.494 e. The first-order valence-electron chi connectivity index (χ1n) is 13.7. The highest BCUT2D eigenvalue weighted by molar-refractivity contribution is 9.10. The van der Waals surface area contributed by atoms with Crippen LogP contribution in [-0.4, -0.2) is 75.8 Å². The van der Waals surface area contributed by atoms with Gasteiger partial charge in [0.2, 0.25) is 5.95 Å². The van der Waals surface area contributed by atoms with Gasteiger partial charge in [-0.15, -0.1) is 0 Å². The van der Waals surface area contributed by atoms with E-state index in [4.69, 9.17) is 19.4 Å². The Morgan fingerprint density at radius 3 is 2.34 bits per heavy atom. The number of aryl methyl sites for hydroxylation is 1. The summed E-state index contributed by atoms with van der Waals surface area (Å²) in [5, 5.41) is 17.5. The fourth-order valence-electron chi connectivity index (χ4n) is 4.28. The number of anilines is 5. The number of methoxy groups -OCH3 is 1. The molecule has 0 aliphatic carbocycles. The van der Waals surface area contributed by atoms with Crippen LogP contribution < -0.4 is 26.0 Å². The molecule has 0 saturated carbocycles. The van der Waals surface area contributed by atoms with Gasteiger partial charge in [0.1, 0.15) is 30.8 Å². The molecule has 0 bridgehead atoms. The fraction of sp³-hybridized carbons (Fsp3) is 0.310. The Bertz CT molecular complexity index is 1900. The number of fused-ring (bicyclic) bond motifs is 1. The molecule has 0 radical (unpaired) electrons. The number of aliphatic carboxylic acids is 1. The minimum Gasteiger partial charge on any atom is -0.494 e. The van der Waals surface area contributed by atoms with Crippen molar-refractivity contribution >= 4 is 80.2 Å². The van der Waals surface area contributed by atoms with Gasteiger partial charge in [0.25, 0.3) is 6.02 Å². The van der Waals surface area contributed by atoms with Crippen molar-refractivity contribution in [3.8, 4) is 5.75 Å². The number of benzene rings is 2. The molecule has 0 unspecified atom stereocenters. The summed E-state index contributed by atoms with van der Waals surface area (Å²) in [5.41, 5.74) is 4.07. The molecule has 1 aliphatic rings. The lowest BCUT2D eigenvalue weighted by atomic mass is 10.1. The van der Waals surface area contributed by atoms with E-state index in [0.29, 0.717) is 62.3 Å². The van der Waals surface area contributed by atoms with Crippen LogP contribution >= 0.6 is 23.1 Å². The number of halogens is 4. The van der Waals surface area contributed by atoms with Gasteiger partial charge in [-0.2, -0.15) is 18.2 Å². The topological polar surface area (TPSA) is 173 Å². The van der Waals surface area contributed by atoms with Gasteiger partial charge in [0.05, 0.1) is 39.3 Å². The Hall–Kier alpha value is -4.50. The molecular formula is C29H31BrF3N8O5P. The summed E-state index contributed by atoms with van der Waals surface area (Å²) in [4.78, 5) is 31.4. The summed E-state index contributed by atoms with van der Waals surface area (Å²) in [6.45, 7) is 9.95. The molecule has 1 aliphatic heterocycles. The molecule has 18 heteroatoms. The highest BCUT2D eigenvalue weighted by Crippen LogP contribution is 2.41. The van der Waals surface area contributed by atoms with Crippen LogP contribution in [0.25, 0.3) is 11.0 Å². The van der Waals surface area contributed by atoms with Crippen molar-refractivity contribution < 1.29 is 37.1 Å².